The van der Waals surface area contributed by atoms with Crippen LogP contribution in [0.2, 0.25) is 0 Å². The number of rotatable bonds is 6. The Hall–Kier alpha value is -1.88. The van der Waals surface area contributed by atoms with Crippen LogP contribution >= 0.6 is 0 Å². The third-order valence-electron chi connectivity index (χ3n) is 4.65. The van der Waals surface area contributed by atoms with Gasteiger partial charge in [-0.05, 0) is 48.5 Å². The van der Waals surface area contributed by atoms with E-state index in [4.69, 9.17) is 10.5 Å². The summed E-state index contributed by atoms with van der Waals surface area (Å²) in [4.78, 5) is 4.66. The van der Waals surface area contributed by atoms with Gasteiger partial charge in [0.1, 0.15) is 5.75 Å². The molecule has 0 spiro atoms. The maximum Gasteiger partial charge on any atom is 0.118 e. The van der Waals surface area contributed by atoms with Crippen LogP contribution in [0.15, 0.2) is 42.5 Å². The van der Waals surface area contributed by atoms with Crippen LogP contribution < -0.4 is 10.5 Å². The molecule has 1 atom stereocenters. The zero-order valence-corrected chi connectivity index (χ0v) is 14.8. The smallest absolute Gasteiger partial charge is 0.118 e. The minimum absolute atomic E-state index is 0.296. The molecular formula is C20H27N3O. The van der Waals surface area contributed by atoms with E-state index in [1.807, 2.05) is 12.1 Å². The van der Waals surface area contributed by atoms with Crippen molar-refractivity contribution >= 4 is 0 Å². The lowest BCUT2D eigenvalue weighted by atomic mass is 10.0. The summed E-state index contributed by atoms with van der Waals surface area (Å²) in [7, 11) is 5.90. The fourth-order valence-electron chi connectivity index (χ4n) is 3.50. The molecule has 0 saturated carbocycles. The third kappa shape index (κ3) is 3.61. The maximum absolute atomic E-state index is 6.12. The summed E-state index contributed by atoms with van der Waals surface area (Å²) in [6.07, 6.45) is 0. The Morgan fingerprint density at radius 2 is 1.83 bits per heavy atom. The van der Waals surface area contributed by atoms with E-state index < -0.39 is 0 Å². The highest BCUT2D eigenvalue weighted by Gasteiger charge is 2.29. The Morgan fingerprint density at radius 3 is 2.46 bits per heavy atom. The van der Waals surface area contributed by atoms with E-state index in [9.17, 15) is 0 Å². The first-order valence-electron chi connectivity index (χ1n) is 8.44. The van der Waals surface area contributed by atoms with Crippen molar-refractivity contribution in [2.24, 2.45) is 5.73 Å². The van der Waals surface area contributed by atoms with Gasteiger partial charge in [0, 0.05) is 32.2 Å². The predicted octanol–water partition coefficient (Wildman–Crippen LogP) is 2.77. The Balaban J connectivity index is 1.77. The molecule has 0 amide bonds. The van der Waals surface area contributed by atoms with Crippen LogP contribution in [0, 0.1) is 0 Å². The van der Waals surface area contributed by atoms with Crippen LogP contribution in [-0.2, 0) is 19.6 Å². The van der Waals surface area contributed by atoms with Gasteiger partial charge in [-0.25, -0.2) is 0 Å². The van der Waals surface area contributed by atoms with E-state index in [0.717, 1.165) is 25.4 Å². The van der Waals surface area contributed by atoms with Crippen LogP contribution in [0.4, 0.5) is 0 Å². The van der Waals surface area contributed by atoms with Crippen LogP contribution in [0.3, 0.4) is 0 Å². The number of nitrogens with zero attached hydrogens (tertiary/aromatic N) is 2. The standard InChI is InChI=1S/C20H27N3O/c1-22(2)12-16-4-7-17-14-23(20(11-21)19(17)10-16)13-15-5-8-18(24-3)9-6-15/h4-10,20H,11-14,21H2,1-3H3. The summed E-state index contributed by atoms with van der Waals surface area (Å²) in [6, 6.07) is 15.4. The summed E-state index contributed by atoms with van der Waals surface area (Å²) in [5, 5.41) is 0. The van der Waals surface area contributed by atoms with Gasteiger partial charge in [-0.15, -0.1) is 0 Å². The molecule has 0 aliphatic carbocycles. The molecule has 0 saturated heterocycles. The lowest BCUT2D eigenvalue weighted by Crippen LogP contribution is -2.27. The van der Waals surface area contributed by atoms with Crippen molar-refractivity contribution in [2.75, 3.05) is 27.7 Å². The number of methoxy groups -OCH3 is 1. The molecule has 0 fully saturated rings. The molecule has 24 heavy (non-hydrogen) atoms. The Kier molecular flexibility index (Phi) is 5.19. The van der Waals surface area contributed by atoms with E-state index in [2.05, 4.69) is 54.2 Å². The zero-order valence-electron chi connectivity index (χ0n) is 14.8. The van der Waals surface area contributed by atoms with Gasteiger partial charge in [-0.2, -0.15) is 0 Å². The van der Waals surface area contributed by atoms with Crippen LogP contribution in [0.5, 0.6) is 5.75 Å². The quantitative estimate of drug-likeness (QED) is 0.887. The molecule has 3 rings (SSSR count). The topological polar surface area (TPSA) is 41.7 Å². The lowest BCUT2D eigenvalue weighted by molar-refractivity contribution is 0.211. The normalized spacial score (nSPS) is 17.3. The minimum atomic E-state index is 0.296. The Bertz CT molecular complexity index is 682. The largest absolute Gasteiger partial charge is 0.497 e. The fourth-order valence-corrected chi connectivity index (χ4v) is 3.50. The van der Waals surface area contributed by atoms with E-state index in [0.29, 0.717) is 12.6 Å². The number of fused-ring (bicyclic) bond motifs is 1. The highest BCUT2D eigenvalue weighted by atomic mass is 16.5. The molecular weight excluding hydrogens is 298 g/mol. The molecule has 4 nitrogen and oxygen atoms in total. The molecule has 1 unspecified atom stereocenters. The van der Waals surface area contributed by atoms with E-state index >= 15 is 0 Å². The molecule has 0 radical (unpaired) electrons. The van der Waals surface area contributed by atoms with Gasteiger partial charge in [0.05, 0.1) is 7.11 Å². The molecule has 4 heteroatoms. The molecule has 1 heterocycles. The van der Waals surface area contributed by atoms with Gasteiger partial charge in [0.25, 0.3) is 0 Å². The van der Waals surface area contributed by atoms with Gasteiger partial charge in [0.15, 0.2) is 0 Å². The van der Waals surface area contributed by atoms with Crippen molar-refractivity contribution in [2.45, 2.75) is 25.7 Å². The SMILES string of the molecule is COc1ccc(CN2Cc3ccc(CN(C)C)cc3C2CN)cc1. The first-order chi connectivity index (χ1) is 11.6. The predicted molar refractivity (Wildman–Crippen MR) is 97.9 cm³/mol. The first-order valence-corrected chi connectivity index (χ1v) is 8.44. The highest BCUT2D eigenvalue weighted by Crippen LogP contribution is 2.35. The van der Waals surface area contributed by atoms with E-state index in [-0.39, 0.29) is 0 Å². The lowest BCUT2D eigenvalue weighted by Gasteiger charge is -2.24. The Morgan fingerprint density at radius 1 is 1.12 bits per heavy atom. The second-order valence-electron chi connectivity index (χ2n) is 6.78. The molecule has 1 aliphatic rings. The summed E-state index contributed by atoms with van der Waals surface area (Å²) in [6.45, 7) is 3.48. The van der Waals surface area contributed by atoms with Crippen molar-refractivity contribution in [1.82, 2.24) is 9.80 Å². The third-order valence-corrected chi connectivity index (χ3v) is 4.65. The van der Waals surface area contributed by atoms with Crippen LogP contribution in [-0.4, -0.2) is 37.5 Å². The molecule has 1 aliphatic heterocycles. The molecule has 2 aromatic carbocycles. The van der Waals surface area contributed by atoms with Crippen molar-refractivity contribution in [3.8, 4) is 5.75 Å². The molecule has 0 aromatic heterocycles. The zero-order chi connectivity index (χ0) is 17.1. The Labute approximate surface area is 144 Å². The van der Waals surface area contributed by atoms with Crippen molar-refractivity contribution < 1.29 is 4.74 Å². The number of nitrogens with two attached hydrogens (primary N) is 1. The average Bonchev–Trinajstić information content (AvgIpc) is 2.91. The van der Waals surface area contributed by atoms with E-state index in [1.165, 1.54) is 22.3 Å². The summed E-state index contributed by atoms with van der Waals surface area (Å²) in [5.41, 5.74) is 11.6. The second kappa shape index (κ2) is 7.34. The van der Waals surface area contributed by atoms with Gasteiger partial charge >= 0.3 is 0 Å². The summed E-state index contributed by atoms with van der Waals surface area (Å²) < 4.78 is 5.24. The van der Waals surface area contributed by atoms with E-state index in [1.54, 1.807) is 7.11 Å². The summed E-state index contributed by atoms with van der Waals surface area (Å²) in [5.74, 6) is 0.896. The number of hydrogen-bond donors (Lipinski definition) is 1. The number of ether oxygens (including phenoxy) is 1. The molecule has 2 aromatic rings. The summed E-state index contributed by atoms with van der Waals surface area (Å²) >= 11 is 0. The van der Waals surface area contributed by atoms with Gasteiger partial charge in [-0.1, -0.05) is 30.3 Å². The molecule has 2 N–H and O–H groups in total. The van der Waals surface area contributed by atoms with Crippen molar-refractivity contribution in [3.63, 3.8) is 0 Å². The minimum Gasteiger partial charge on any atom is -0.497 e. The highest BCUT2D eigenvalue weighted by molar-refractivity contribution is 5.38. The first kappa shape index (κ1) is 17.0. The average molecular weight is 325 g/mol. The second-order valence-corrected chi connectivity index (χ2v) is 6.78. The monoisotopic (exact) mass is 325 g/mol. The van der Waals surface area contributed by atoms with Crippen LogP contribution in [0.1, 0.15) is 28.3 Å². The molecule has 0 bridgehead atoms. The van der Waals surface area contributed by atoms with Crippen LogP contribution in [0.25, 0.3) is 0 Å². The number of hydrogen-bond acceptors (Lipinski definition) is 4. The van der Waals surface area contributed by atoms with Gasteiger partial charge in [0.2, 0.25) is 0 Å². The van der Waals surface area contributed by atoms with Crippen molar-refractivity contribution in [3.05, 3.63) is 64.7 Å². The van der Waals surface area contributed by atoms with Gasteiger partial charge < -0.3 is 15.4 Å². The van der Waals surface area contributed by atoms with Gasteiger partial charge in [-0.3, -0.25) is 4.90 Å². The maximum atomic E-state index is 6.12. The number of benzene rings is 2. The van der Waals surface area contributed by atoms with Crippen molar-refractivity contribution in [1.29, 1.82) is 0 Å². The molecule has 128 valence electrons. The fraction of sp³-hybridized carbons (Fsp3) is 0.400.